The van der Waals surface area contributed by atoms with Crippen molar-refractivity contribution in [2.24, 2.45) is 0 Å². The highest BCUT2D eigenvalue weighted by Gasteiger charge is 2.34. The van der Waals surface area contributed by atoms with Crippen LogP contribution in [0.5, 0.6) is 0 Å². The van der Waals surface area contributed by atoms with E-state index in [-0.39, 0.29) is 0 Å². The van der Waals surface area contributed by atoms with E-state index in [1.807, 2.05) is 0 Å². The average molecular weight is 277 g/mol. The molecule has 0 unspecified atom stereocenters. The molecule has 0 bridgehead atoms. The summed E-state index contributed by atoms with van der Waals surface area (Å²) >= 11 is 0.394. The first-order chi connectivity index (χ1) is 8.16. The van der Waals surface area contributed by atoms with Crippen LogP contribution in [-0.2, 0) is 4.79 Å². The van der Waals surface area contributed by atoms with E-state index < -0.39 is 37.9 Å². The number of hydrogen-bond donors (Lipinski definition) is 1. The van der Waals surface area contributed by atoms with Gasteiger partial charge in [-0.3, -0.25) is 14.9 Å². The second-order valence-corrected chi connectivity index (χ2v) is 5.52. The topological polar surface area (TPSA) is 80.4 Å². The predicted molar refractivity (Wildman–Crippen MR) is 60.6 cm³/mol. The minimum Gasteiger partial charge on any atom is -0.480 e. The summed E-state index contributed by atoms with van der Waals surface area (Å²) in [5.74, 6) is -3.96. The Balaban J connectivity index is 3.34. The standard InChI is InChI=1S/C10H9F2NO4S/c1-10(2,9(14)15)18-8-6(13(16)17)4-3-5(11)7(8)12/h3-4H,1-2H3,(H,14,15). The summed E-state index contributed by atoms with van der Waals surface area (Å²) in [4.78, 5) is 20.1. The number of nitrogens with zero attached hydrogens (tertiary/aromatic N) is 1. The Morgan fingerprint density at radius 1 is 1.44 bits per heavy atom. The highest BCUT2D eigenvalue weighted by atomic mass is 32.2. The molecule has 8 heteroatoms. The van der Waals surface area contributed by atoms with Crippen molar-refractivity contribution in [1.29, 1.82) is 0 Å². The van der Waals surface area contributed by atoms with Crippen molar-refractivity contribution in [1.82, 2.24) is 0 Å². The van der Waals surface area contributed by atoms with E-state index >= 15 is 0 Å². The predicted octanol–water partition coefficient (Wildman–Crippen LogP) is 2.83. The molecular weight excluding hydrogens is 268 g/mol. The molecule has 0 aliphatic carbocycles. The number of carbonyl (C=O) groups is 1. The van der Waals surface area contributed by atoms with Crippen molar-refractivity contribution >= 4 is 23.4 Å². The lowest BCUT2D eigenvalue weighted by Crippen LogP contribution is -2.27. The van der Waals surface area contributed by atoms with Gasteiger partial charge in [0.2, 0.25) is 0 Å². The van der Waals surface area contributed by atoms with E-state index in [2.05, 4.69) is 0 Å². The van der Waals surface area contributed by atoms with Crippen LogP contribution in [0.2, 0.25) is 0 Å². The van der Waals surface area contributed by atoms with Crippen LogP contribution in [0.15, 0.2) is 17.0 Å². The average Bonchev–Trinajstić information content (AvgIpc) is 2.24. The number of halogens is 2. The third-order valence-corrected chi connectivity index (χ3v) is 3.38. The molecule has 5 nitrogen and oxygen atoms in total. The number of carboxylic acids is 1. The molecule has 18 heavy (non-hydrogen) atoms. The minimum absolute atomic E-state index is 0.394. The van der Waals surface area contributed by atoms with E-state index in [9.17, 15) is 23.7 Å². The lowest BCUT2D eigenvalue weighted by molar-refractivity contribution is -0.388. The van der Waals surface area contributed by atoms with Gasteiger partial charge in [0.25, 0.3) is 5.69 Å². The molecule has 0 saturated heterocycles. The van der Waals surface area contributed by atoms with Crippen LogP contribution < -0.4 is 0 Å². The molecule has 0 saturated carbocycles. The lowest BCUT2D eigenvalue weighted by Gasteiger charge is -2.18. The second-order valence-electron chi connectivity index (χ2n) is 3.88. The van der Waals surface area contributed by atoms with Gasteiger partial charge in [0, 0.05) is 6.07 Å². The van der Waals surface area contributed by atoms with Crippen LogP contribution in [0.3, 0.4) is 0 Å². The maximum Gasteiger partial charge on any atom is 0.319 e. The van der Waals surface area contributed by atoms with Gasteiger partial charge in [-0.15, -0.1) is 0 Å². The summed E-state index contributed by atoms with van der Waals surface area (Å²) in [7, 11) is 0. The first kappa shape index (κ1) is 14.4. The van der Waals surface area contributed by atoms with E-state index in [1.165, 1.54) is 13.8 Å². The summed E-state index contributed by atoms with van der Waals surface area (Å²) < 4.78 is 25.0. The SMILES string of the molecule is CC(C)(Sc1c([N+](=O)[O-])ccc(F)c1F)C(=O)O. The quantitative estimate of drug-likeness (QED) is 0.520. The maximum atomic E-state index is 13.5. The smallest absolute Gasteiger partial charge is 0.319 e. The van der Waals surface area contributed by atoms with Crippen LogP contribution in [0.4, 0.5) is 14.5 Å². The van der Waals surface area contributed by atoms with Gasteiger partial charge in [0.15, 0.2) is 11.6 Å². The first-order valence-corrected chi connectivity index (χ1v) is 5.53. The number of thioether (sulfide) groups is 1. The largest absolute Gasteiger partial charge is 0.480 e. The number of rotatable bonds is 4. The Bertz CT molecular complexity index is 519. The highest BCUT2D eigenvalue weighted by molar-refractivity contribution is 8.01. The number of benzene rings is 1. The van der Waals surface area contributed by atoms with Crippen molar-refractivity contribution in [3.8, 4) is 0 Å². The van der Waals surface area contributed by atoms with Crippen LogP contribution in [0.1, 0.15) is 13.8 Å². The number of aliphatic carboxylic acids is 1. The zero-order valence-corrected chi connectivity index (χ0v) is 10.3. The second kappa shape index (κ2) is 4.89. The van der Waals surface area contributed by atoms with Crippen LogP contribution >= 0.6 is 11.8 Å². The molecule has 0 atom stereocenters. The minimum atomic E-state index is -1.51. The molecule has 0 amide bonds. The van der Waals surface area contributed by atoms with Gasteiger partial charge < -0.3 is 5.11 Å². The monoisotopic (exact) mass is 277 g/mol. The highest BCUT2D eigenvalue weighted by Crippen LogP contribution is 2.40. The van der Waals surface area contributed by atoms with E-state index in [0.717, 1.165) is 6.07 Å². The zero-order chi connectivity index (χ0) is 14.1. The third kappa shape index (κ3) is 2.76. The summed E-state index contributed by atoms with van der Waals surface area (Å²) in [6.07, 6.45) is 0. The van der Waals surface area contributed by atoms with Gasteiger partial charge in [-0.2, -0.15) is 0 Å². The third-order valence-electron chi connectivity index (χ3n) is 2.10. The molecule has 1 N–H and O–H groups in total. The maximum absolute atomic E-state index is 13.5. The fourth-order valence-corrected chi connectivity index (χ4v) is 2.09. The summed E-state index contributed by atoms with van der Waals surface area (Å²) in [5.41, 5.74) is -0.659. The molecule has 1 rings (SSSR count). The normalized spacial score (nSPS) is 11.3. The van der Waals surface area contributed by atoms with Crippen LogP contribution in [0, 0.1) is 21.7 Å². The Labute approximate surface area is 105 Å². The molecular formula is C10H9F2NO4S. The fourth-order valence-electron chi connectivity index (χ4n) is 1.06. The van der Waals surface area contributed by atoms with Crippen molar-refractivity contribution in [2.45, 2.75) is 23.5 Å². The first-order valence-electron chi connectivity index (χ1n) is 4.71. The lowest BCUT2D eigenvalue weighted by atomic mass is 10.2. The van der Waals surface area contributed by atoms with Crippen LogP contribution in [0.25, 0.3) is 0 Å². The molecule has 1 aromatic carbocycles. The fraction of sp³-hybridized carbons (Fsp3) is 0.300. The molecule has 0 radical (unpaired) electrons. The number of carboxylic acid groups (broad SMARTS) is 1. The Hall–Kier alpha value is -1.70. The Morgan fingerprint density at radius 3 is 2.44 bits per heavy atom. The Kier molecular flexibility index (Phi) is 3.90. The van der Waals surface area contributed by atoms with Gasteiger partial charge in [0.05, 0.1) is 4.92 Å². The summed E-state index contributed by atoms with van der Waals surface area (Å²) in [6.45, 7) is 2.49. The van der Waals surface area contributed by atoms with Crippen LogP contribution in [-0.4, -0.2) is 20.7 Å². The number of hydrogen-bond acceptors (Lipinski definition) is 4. The van der Waals surface area contributed by atoms with Gasteiger partial charge in [-0.25, -0.2) is 8.78 Å². The van der Waals surface area contributed by atoms with Crippen molar-refractivity contribution < 1.29 is 23.6 Å². The molecule has 0 heterocycles. The summed E-state index contributed by atoms with van der Waals surface area (Å²) in [5, 5.41) is 19.6. The Morgan fingerprint density at radius 2 is 2.00 bits per heavy atom. The molecule has 0 fully saturated rings. The van der Waals surface area contributed by atoms with Gasteiger partial charge in [-0.05, 0) is 19.9 Å². The molecule has 0 aliphatic rings. The summed E-state index contributed by atoms with van der Waals surface area (Å²) in [6, 6.07) is 1.43. The van der Waals surface area contributed by atoms with Gasteiger partial charge >= 0.3 is 5.97 Å². The van der Waals surface area contributed by atoms with Crippen molar-refractivity contribution in [3.63, 3.8) is 0 Å². The molecule has 0 aromatic heterocycles. The number of nitro groups is 1. The zero-order valence-electron chi connectivity index (χ0n) is 9.44. The van der Waals surface area contributed by atoms with Crippen molar-refractivity contribution in [2.75, 3.05) is 0 Å². The van der Waals surface area contributed by atoms with E-state index in [4.69, 9.17) is 5.11 Å². The van der Waals surface area contributed by atoms with Gasteiger partial charge in [-0.1, -0.05) is 11.8 Å². The molecule has 1 aromatic rings. The molecule has 98 valence electrons. The van der Waals surface area contributed by atoms with Gasteiger partial charge in [0.1, 0.15) is 9.64 Å². The van der Waals surface area contributed by atoms with E-state index in [1.54, 1.807) is 0 Å². The molecule has 0 spiro atoms. The van der Waals surface area contributed by atoms with E-state index in [0.29, 0.717) is 17.8 Å². The molecule has 0 aliphatic heterocycles. The number of nitro benzene ring substituents is 1. The van der Waals surface area contributed by atoms with Crippen molar-refractivity contribution in [3.05, 3.63) is 33.9 Å².